The number of rotatable bonds is 2. The number of hydrogen-bond donors (Lipinski definition) is 1. The molecule has 7 nitrogen and oxygen atoms in total. The Labute approximate surface area is 148 Å². The maximum atomic E-state index is 12.5. The third-order valence-corrected chi connectivity index (χ3v) is 3.88. The number of anilines is 1. The minimum Gasteiger partial charge on any atom is -0.497 e. The zero-order valence-corrected chi connectivity index (χ0v) is 15.5. The lowest BCUT2D eigenvalue weighted by molar-refractivity contribution is 0.0112. The van der Waals surface area contributed by atoms with Crippen LogP contribution in [0.3, 0.4) is 0 Å². The average molecular weight is 349 g/mol. The Hall–Kier alpha value is -2.44. The van der Waals surface area contributed by atoms with E-state index >= 15 is 0 Å². The van der Waals surface area contributed by atoms with E-state index < -0.39 is 5.60 Å². The molecular weight excluding hydrogens is 322 g/mol. The summed E-state index contributed by atoms with van der Waals surface area (Å²) in [4.78, 5) is 28.0. The number of piperazine rings is 1. The van der Waals surface area contributed by atoms with Gasteiger partial charge in [0.15, 0.2) is 0 Å². The van der Waals surface area contributed by atoms with Crippen LogP contribution < -0.4 is 10.1 Å². The first kappa shape index (κ1) is 18.9. The van der Waals surface area contributed by atoms with Gasteiger partial charge in [-0.05, 0) is 52.0 Å². The average Bonchev–Trinajstić information content (AvgIpc) is 2.53. The largest absolute Gasteiger partial charge is 0.497 e. The second-order valence-electron chi connectivity index (χ2n) is 7.13. The molecule has 1 N–H and O–H groups in total. The maximum absolute atomic E-state index is 12.5. The lowest BCUT2D eigenvalue weighted by Crippen LogP contribution is -2.57. The van der Waals surface area contributed by atoms with Gasteiger partial charge in [-0.25, -0.2) is 9.59 Å². The second kappa shape index (κ2) is 7.63. The van der Waals surface area contributed by atoms with Gasteiger partial charge in [-0.1, -0.05) is 0 Å². The topological polar surface area (TPSA) is 71.1 Å². The van der Waals surface area contributed by atoms with Gasteiger partial charge in [-0.2, -0.15) is 0 Å². The molecule has 3 amide bonds. The maximum Gasteiger partial charge on any atom is 0.410 e. The first-order valence-electron chi connectivity index (χ1n) is 8.39. The zero-order chi connectivity index (χ0) is 18.6. The molecule has 0 aliphatic carbocycles. The van der Waals surface area contributed by atoms with Crippen LogP contribution in [0.25, 0.3) is 0 Å². The Bertz CT molecular complexity index is 610. The first-order chi connectivity index (χ1) is 11.7. The van der Waals surface area contributed by atoms with Crippen molar-refractivity contribution in [1.82, 2.24) is 9.80 Å². The number of amides is 3. The fraction of sp³-hybridized carbons (Fsp3) is 0.556. The molecule has 1 heterocycles. The van der Waals surface area contributed by atoms with Crippen molar-refractivity contribution in [3.8, 4) is 5.75 Å². The molecule has 1 aromatic rings. The van der Waals surface area contributed by atoms with E-state index in [1.807, 2.05) is 27.7 Å². The Balaban J connectivity index is 1.91. The van der Waals surface area contributed by atoms with Crippen LogP contribution in [-0.4, -0.2) is 60.3 Å². The van der Waals surface area contributed by atoms with Gasteiger partial charge in [0.1, 0.15) is 11.4 Å². The van der Waals surface area contributed by atoms with Crippen molar-refractivity contribution in [3.63, 3.8) is 0 Å². The van der Waals surface area contributed by atoms with E-state index in [1.54, 1.807) is 41.2 Å². The van der Waals surface area contributed by atoms with Crippen molar-refractivity contribution in [2.45, 2.75) is 39.3 Å². The summed E-state index contributed by atoms with van der Waals surface area (Å²) in [6.45, 7) is 8.80. The standard InChI is InChI=1S/C18H27N3O4/c1-13-12-20(17(23)25-18(2,3)4)10-11-21(13)16(22)19-14-6-8-15(24-5)9-7-14/h6-9,13H,10-12H2,1-5H3,(H,19,22). The normalized spacial score (nSPS) is 17.9. The number of methoxy groups -OCH3 is 1. The third kappa shape index (κ3) is 5.27. The smallest absolute Gasteiger partial charge is 0.410 e. The summed E-state index contributed by atoms with van der Waals surface area (Å²) in [5.74, 6) is 0.734. The van der Waals surface area contributed by atoms with Crippen LogP contribution in [-0.2, 0) is 4.74 Å². The predicted molar refractivity (Wildman–Crippen MR) is 96.0 cm³/mol. The zero-order valence-electron chi connectivity index (χ0n) is 15.5. The van der Waals surface area contributed by atoms with E-state index in [2.05, 4.69) is 5.32 Å². The van der Waals surface area contributed by atoms with Crippen molar-refractivity contribution in [1.29, 1.82) is 0 Å². The van der Waals surface area contributed by atoms with Gasteiger partial charge < -0.3 is 24.6 Å². The summed E-state index contributed by atoms with van der Waals surface area (Å²) in [5.41, 5.74) is 0.177. The van der Waals surface area contributed by atoms with Crippen LogP contribution in [0.1, 0.15) is 27.7 Å². The molecule has 0 saturated carbocycles. The van der Waals surface area contributed by atoms with E-state index in [9.17, 15) is 9.59 Å². The molecule has 1 aliphatic rings. The van der Waals surface area contributed by atoms with E-state index in [0.29, 0.717) is 25.3 Å². The monoisotopic (exact) mass is 349 g/mol. The molecule has 1 saturated heterocycles. The van der Waals surface area contributed by atoms with Gasteiger partial charge >= 0.3 is 12.1 Å². The highest BCUT2D eigenvalue weighted by Gasteiger charge is 2.32. The van der Waals surface area contributed by atoms with Crippen LogP contribution >= 0.6 is 0 Å². The number of carbonyl (C=O) groups is 2. The number of nitrogens with one attached hydrogen (secondary N) is 1. The van der Waals surface area contributed by atoms with E-state index in [-0.39, 0.29) is 18.2 Å². The fourth-order valence-electron chi connectivity index (χ4n) is 2.62. The molecule has 1 atom stereocenters. The minimum atomic E-state index is -0.525. The van der Waals surface area contributed by atoms with Crippen molar-refractivity contribution in [3.05, 3.63) is 24.3 Å². The molecule has 7 heteroatoms. The van der Waals surface area contributed by atoms with Gasteiger partial charge in [0.25, 0.3) is 0 Å². The summed E-state index contributed by atoms with van der Waals surface area (Å²) in [6, 6.07) is 6.89. The van der Waals surface area contributed by atoms with Gasteiger partial charge in [0, 0.05) is 31.4 Å². The Kier molecular flexibility index (Phi) is 5.77. The van der Waals surface area contributed by atoms with Gasteiger partial charge in [0.05, 0.1) is 7.11 Å². The third-order valence-electron chi connectivity index (χ3n) is 3.88. The second-order valence-corrected chi connectivity index (χ2v) is 7.13. The molecule has 1 aliphatic heterocycles. The number of benzene rings is 1. The fourth-order valence-corrected chi connectivity index (χ4v) is 2.62. The molecule has 1 unspecified atom stereocenters. The lowest BCUT2D eigenvalue weighted by Gasteiger charge is -2.40. The van der Waals surface area contributed by atoms with Crippen LogP contribution in [0.5, 0.6) is 5.75 Å². The summed E-state index contributed by atoms with van der Waals surface area (Å²) in [5, 5.41) is 2.87. The molecule has 25 heavy (non-hydrogen) atoms. The molecule has 1 fully saturated rings. The van der Waals surface area contributed by atoms with Crippen LogP contribution in [0.4, 0.5) is 15.3 Å². The summed E-state index contributed by atoms with van der Waals surface area (Å²) < 4.78 is 10.5. The highest BCUT2D eigenvalue weighted by molar-refractivity contribution is 5.89. The number of nitrogens with zero attached hydrogens (tertiary/aromatic N) is 2. The number of carbonyl (C=O) groups excluding carboxylic acids is 2. The van der Waals surface area contributed by atoms with E-state index in [1.165, 1.54) is 0 Å². The van der Waals surface area contributed by atoms with Crippen molar-refractivity contribution in [2.24, 2.45) is 0 Å². The predicted octanol–water partition coefficient (Wildman–Crippen LogP) is 3.17. The number of hydrogen-bond acceptors (Lipinski definition) is 4. The highest BCUT2D eigenvalue weighted by atomic mass is 16.6. The Morgan fingerprint density at radius 2 is 1.80 bits per heavy atom. The van der Waals surface area contributed by atoms with E-state index in [4.69, 9.17) is 9.47 Å². The van der Waals surface area contributed by atoms with E-state index in [0.717, 1.165) is 5.75 Å². The number of ether oxygens (including phenoxy) is 2. The Morgan fingerprint density at radius 1 is 1.16 bits per heavy atom. The molecule has 0 aromatic heterocycles. The molecule has 0 radical (unpaired) electrons. The SMILES string of the molecule is COc1ccc(NC(=O)N2CCN(C(=O)OC(C)(C)C)CC2C)cc1. The number of urea groups is 1. The van der Waals surface area contributed by atoms with Crippen molar-refractivity contribution in [2.75, 3.05) is 32.1 Å². The molecule has 2 rings (SSSR count). The minimum absolute atomic E-state index is 0.0977. The van der Waals surface area contributed by atoms with Crippen LogP contribution in [0.15, 0.2) is 24.3 Å². The summed E-state index contributed by atoms with van der Waals surface area (Å²) in [6.07, 6.45) is -0.338. The first-order valence-corrected chi connectivity index (χ1v) is 8.39. The summed E-state index contributed by atoms with van der Waals surface area (Å²) >= 11 is 0. The summed E-state index contributed by atoms with van der Waals surface area (Å²) in [7, 11) is 1.60. The van der Waals surface area contributed by atoms with Gasteiger partial charge in [0.2, 0.25) is 0 Å². The van der Waals surface area contributed by atoms with Crippen LogP contribution in [0.2, 0.25) is 0 Å². The Morgan fingerprint density at radius 3 is 2.32 bits per heavy atom. The molecule has 1 aromatic carbocycles. The lowest BCUT2D eigenvalue weighted by atomic mass is 10.2. The molecule has 138 valence electrons. The van der Waals surface area contributed by atoms with Gasteiger partial charge in [-0.15, -0.1) is 0 Å². The van der Waals surface area contributed by atoms with Crippen LogP contribution in [0, 0.1) is 0 Å². The van der Waals surface area contributed by atoms with Crippen molar-refractivity contribution < 1.29 is 19.1 Å². The molecule has 0 bridgehead atoms. The van der Waals surface area contributed by atoms with Crippen molar-refractivity contribution >= 4 is 17.8 Å². The molecule has 0 spiro atoms. The quantitative estimate of drug-likeness (QED) is 0.890. The molecular formula is C18H27N3O4. The highest BCUT2D eigenvalue weighted by Crippen LogP contribution is 2.18. The van der Waals surface area contributed by atoms with Gasteiger partial charge in [-0.3, -0.25) is 0 Å².